The molecule has 0 unspecified atom stereocenters. The first-order valence-corrected chi connectivity index (χ1v) is 9.33. The quantitative estimate of drug-likeness (QED) is 0.573. The third-order valence-electron chi connectivity index (χ3n) is 4.51. The number of rotatable bonds is 6. The van der Waals surface area contributed by atoms with Crippen LogP contribution in [0.3, 0.4) is 0 Å². The van der Waals surface area contributed by atoms with Gasteiger partial charge in [-0.05, 0) is 31.2 Å². The van der Waals surface area contributed by atoms with Gasteiger partial charge in [0.1, 0.15) is 5.75 Å². The number of hydrogen-bond acceptors (Lipinski definition) is 6. The summed E-state index contributed by atoms with van der Waals surface area (Å²) in [4.78, 5) is 42.6. The van der Waals surface area contributed by atoms with E-state index in [2.05, 4.69) is 10.3 Å². The number of hydrogen-bond donors (Lipinski definition) is 1. The molecule has 8 nitrogen and oxygen atoms in total. The zero-order chi connectivity index (χ0) is 21.0. The number of halogens is 1. The van der Waals surface area contributed by atoms with Gasteiger partial charge >= 0.3 is 5.97 Å². The molecule has 0 saturated carbocycles. The lowest BCUT2D eigenvalue weighted by Gasteiger charge is -2.20. The van der Waals surface area contributed by atoms with Crippen LogP contribution in [0.2, 0.25) is 5.15 Å². The van der Waals surface area contributed by atoms with Crippen molar-refractivity contribution in [1.29, 1.82) is 0 Å². The van der Waals surface area contributed by atoms with Gasteiger partial charge in [0, 0.05) is 19.2 Å². The molecular weight excluding hydrogens is 398 g/mol. The van der Waals surface area contributed by atoms with Crippen molar-refractivity contribution < 1.29 is 23.9 Å². The Labute approximate surface area is 172 Å². The highest BCUT2D eigenvalue weighted by atomic mass is 35.5. The summed E-state index contributed by atoms with van der Waals surface area (Å²) in [5.41, 5.74) is 0.910. The van der Waals surface area contributed by atoms with Crippen molar-refractivity contribution in [2.24, 2.45) is 5.92 Å². The van der Waals surface area contributed by atoms with E-state index >= 15 is 0 Å². The number of carbonyl (C=O) groups excluding carboxylic acids is 3. The van der Waals surface area contributed by atoms with Crippen LogP contribution in [0.4, 0.5) is 11.4 Å². The average molecular weight is 418 g/mol. The molecule has 0 aliphatic carbocycles. The zero-order valence-electron chi connectivity index (χ0n) is 15.9. The van der Waals surface area contributed by atoms with Gasteiger partial charge < -0.3 is 19.7 Å². The van der Waals surface area contributed by atoms with Gasteiger partial charge in [-0.25, -0.2) is 4.98 Å². The second-order valence-corrected chi connectivity index (χ2v) is 6.85. The number of benzene rings is 1. The van der Waals surface area contributed by atoms with Gasteiger partial charge in [0.05, 0.1) is 24.4 Å². The van der Waals surface area contributed by atoms with E-state index in [9.17, 15) is 14.4 Å². The van der Waals surface area contributed by atoms with Gasteiger partial charge in [-0.2, -0.15) is 0 Å². The molecule has 3 rings (SSSR count). The van der Waals surface area contributed by atoms with Crippen molar-refractivity contribution in [3.8, 4) is 5.75 Å². The highest BCUT2D eigenvalue weighted by Crippen LogP contribution is 2.33. The minimum absolute atomic E-state index is 0.000343. The summed E-state index contributed by atoms with van der Waals surface area (Å²) in [6.45, 7) is 1.60. The van der Waals surface area contributed by atoms with Crippen molar-refractivity contribution >= 4 is 40.8 Å². The molecule has 1 aromatic carbocycles. The van der Waals surface area contributed by atoms with Crippen molar-refractivity contribution in [1.82, 2.24) is 4.98 Å². The summed E-state index contributed by atoms with van der Waals surface area (Å²) in [5.74, 6) is -1.51. The molecule has 0 radical (unpaired) electrons. The highest BCUT2D eigenvalue weighted by molar-refractivity contribution is 6.32. The summed E-state index contributed by atoms with van der Waals surface area (Å²) in [6, 6.07) is 10.3. The topological polar surface area (TPSA) is 97.8 Å². The van der Waals surface area contributed by atoms with E-state index in [1.54, 1.807) is 36.4 Å². The Morgan fingerprint density at radius 1 is 1.28 bits per heavy atom. The Hall–Kier alpha value is -3.13. The zero-order valence-corrected chi connectivity index (χ0v) is 16.7. The molecule has 152 valence electrons. The second kappa shape index (κ2) is 8.91. The average Bonchev–Trinajstić information content (AvgIpc) is 3.11. The maximum absolute atomic E-state index is 12.5. The van der Waals surface area contributed by atoms with E-state index < -0.39 is 23.9 Å². The Kier molecular flexibility index (Phi) is 6.33. The molecule has 1 aliphatic heterocycles. The molecule has 2 amide bonds. The standard InChI is InChI=1S/C20H20ClN3O5/c1-12(19(26)23-14-6-5-9-22-18(14)21)29-20(27)13-10-17(25)24(11-13)15-7-3-4-8-16(15)28-2/h3-9,12-13H,10-11H2,1-2H3,(H,23,26)/t12-,13+/m0/s1. The molecule has 2 atom stereocenters. The van der Waals surface area contributed by atoms with Gasteiger partial charge in [0.2, 0.25) is 5.91 Å². The molecule has 0 spiro atoms. The Balaban J connectivity index is 1.61. The third-order valence-corrected chi connectivity index (χ3v) is 4.81. The first-order valence-electron chi connectivity index (χ1n) is 8.96. The predicted molar refractivity (Wildman–Crippen MR) is 107 cm³/mol. The number of anilines is 2. The van der Waals surface area contributed by atoms with Crippen molar-refractivity contribution in [3.05, 3.63) is 47.7 Å². The molecule has 2 heterocycles. The van der Waals surface area contributed by atoms with Gasteiger partial charge in [-0.3, -0.25) is 14.4 Å². The summed E-state index contributed by atoms with van der Waals surface area (Å²) in [7, 11) is 1.51. The van der Waals surface area contributed by atoms with E-state index in [4.69, 9.17) is 21.1 Å². The SMILES string of the molecule is COc1ccccc1N1C[C@H](C(=O)O[C@@H](C)C(=O)Nc2cccnc2Cl)CC1=O. The van der Waals surface area contributed by atoms with E-state index in [0.29, 0.717) is 17.1 Å². The molecule has 29 heavy (non-hydrogen) atoms. The van der Waals surface area contributed by atoms with Crippen molar-refractivity contribution in [3.63, 3.8) is 0 Å². The number of nitrogens with zero attached hydrogens (tertiary/aromatic N) is 2. The molecule has 1 aromatic heterocycles. The second-order valence-electron chi connectivity index (χ2n) is 6.49. The van der Waals surface area contributed by atoms with Crippen molar-refractivity contribution in [2.75, 3.05) is 23.9 Å². The number of nitrogens with one attached hydrogen (secondary N) is 1. The largest absolute Gasteiger partial charge is 0.495 e. The van der Waals surface area contributed by atoms with Crippen molar-refractivity contribution in [2.45, 2.75) is 19.4 Å². The summed E-state index contributed by atoms with van der Waals surface area (Å²) in [5, 5.41) is 2.69. The highest BCUT2D eigenvalue weighted by Gasteiger charge is 2.38. The third kappa shape index (κ3) is 4.65. The first kappa shape index (κ1) is 20.6. The number of para-hydroxylation sites is 2. The number of ether oxygens (including phenoxy) is 2. The number of pyridine rings is 1. The van der Waals surface area contributed by atoms with E-state index in [-0.39, 0.29) is 24.0 Å². The maximum atomic E-state index is 12.5. The molecule has 1 N–H and O–H groups in total. The van der Waals surface area contributed by atoms with Crippen LogP contribution in [0, 0.1) is 5.92 Å². The molecule has 1 fully saturated rings. The lowest BCUT2D eigenvalue weighted by atomic mass is 10.1. The smallest absolute Gasteiger partial charge is 0.312 e. The van der Waals surface area contributed by atoms with Gasteiger partial charge in [-0.15, -0.1) is 0 Å². The molecule has 0 bridgehead atoms. The van der Waals surface area contributed by atoms with Gasteiger partial charge in [0.25, 0.3) is 5.91 Å². The lowest BCUT2D eigenvalue weighted by Crippen LogP contribution is -2.33. The number of amides is 2. The Bertz CT molecular complexity index is 936. The van der Waals surface area contributed by atoms with Crippen LogP contribution in [-0.2, 0) is 19.1 Å². The first-order chi connectivity index (χ1) is 13.9. The molecule has 9 heteroatoms. The normalized spacial score (nSPS) is 17.0. The van der Waals surface area contributed by atoms with Crippen LogP contribution >= 0.6 is 11.6 Å². The molecule has 1 aliphatic rings. The molecular formula is C20H20ClN3O5. The monoisotopic (exact) mass is 417 g/mol. The minimum atomic E-state index is -1.06. The Morgan fingerprint density at radius 2 is 2.03 bits per heavy atom. The van der Waals surface area contributed by atoms with Crippen LogP contribution < -0.4 is 15.0 Å². The number of esters is 1. The summed E-state index contributed by atoms with van der Waals surface area (Å²) in [6.07, 6.45) is 0.431. The number of carbonyl (C=O) groups is 3. The minimum Gasteiger partial charge on any atom is -0.495 e. The number of aromatic nitrogens is 1. The summed E-state index contributed by atoms with van der Waals surface area (Å²) < 4.78 is 10.6. The Morgan fingerprint density at radius 3 is 2.76 bits per heavy atom. The lowest BCUT2D eigenvalue weighted by molar-refractivity contribution is -0.157. The van der Waals surface area contributed by atoms with E-state index in [1.165, 1.54) is 25.1 Å². The van der Waals surface area contributed by atoms with E-state index in [0.717, 1.165) is 0 Å². The van der Waals surface area contributed by atoms with Gasteiger partial charge in [-0.1, -0.05) is 23.7 Å². The predicted octanol–water partition coefficient (Wildman–Crippen LogP) is 2.67. The van der Waals surface area contributed by atoms with Crippen LogP contribution in [0.15, 0.2) is 42.6 Å². The van der Waals surface area contributed by atoms with Crippen LogP contribution in [0.25, 0.3) is 0 Å². The fourth-order valence-electron chi connectivity index (χ4n) is 2.99. The van der Waals surface area contributed by atoms with E-state index in [1.807, 2.05) is 0 Å². The molecule has 2 aromatic rings. The van der Waals surface area contributed by atoms with Gasteiger partial charge in [0.15, 0.2) is 11.3 Å². The fourth-order valence-corrected chi connectivity index (χ4v) is 3.16. The van der Waals surface area contributed by atoms with Crippen LogP contribution in [-0.4, -0.2) is 42.5 Å². The van der Waals surface area contributed by atoms with Crippen LogP contribution in [0.5, 0.6) is 5.75 Å². The maximum Gasteiger partial charge on any atom is 0.312 e. The fraction of sp³-hybridized carbons (Fsp3) is 0.300. The molecule has 1 saturated heterocycles. The number of methoxy groups -OCH3 is 1. The summed E-state index contributed by atoms with van der Waals surface area (Å²) >= 11 is 5.91. The van der Waals surface area contributed by atoms with Crippen LogP contribution in [0.1, 0.15) is 13.3 Å².